The van der Waals surface area contributed by atoms with Gasteiger partial charge in [0.15, 0.2) is 0 Å². The van der Waals surface area contributed by atoms with E-state index < -0.39 is 0 Å². The van der Waals surface area contributed by atoms with Crippen LogP contribution in [-0.4, -0.2) is 37.5 Å². The fourth-order valence-electron chi connectivity index (χ4n) is 2.24. The molecule has 1 saturated heterocycles. The Balaban J connectivity index is 2.05. The van der Waals surface area contributed by atoms with Gasteiger partial charge >= 0.3 is 0 Å². The van der Waals surface area contributed by atoms with Crippen molar-refractivity contribution in [1.82, 2.24) is 4.90 Å². The van der Waals surface area contributed by atoms with Gasteiger partial charge in [0.1, 0.15) is 0 Å². The van der Waals surface area contributed by atoms with Gasteiger partial charge in [-0.25, -0.2) is 0 Å². The summed E-state index contributed by atoms with van der Waals surface area (Å²) in [5.41, 5.74) is 1.29. The van der Waals surface area contributed by atoms with Crippen molar-refractivity contribution in [1.29, 1.82) is 5.26 Å². The normalized spacial score (nSPS) is 14.3. The maximum atomic E-state index is 12.1. The van der Waals surface area contributed by atoms with E-state index in [9.17, 15) is 4.79 Å². The number of carbonyl (C=O) groups excluding carboxylic acids is 1. The van der Waals surface area contributed by atoms with Crippen molar-refractivity contribution in [2.24, 2.45) is 0 Å². The molecule has 2 rings (SSSR count). The Bertz CT molecular complexity index is 518. The zero-order valence-corrected chi connectivity index (χ0v) is 11.7. The molecule has 1 aromatic carbocycles. The Morgan fingerprint density at radius 3 is 2.74 bits per heavy atom. The van der Waals surface area contributed by atoms with E-state index in [4.69, 9.17) is 16.9 Å². The summed E-state index contributed by atoms with van der Waals surface area (Å²) in [7, 11) is 1.83. The Kier molecular flexibility index (Phi) is 4.28. The fourth-order valence-corrected chi connectivity index (χ4v) is 2.57. The van der Waals surface area contributed by atoms with Crippen LogP contribution in [-0.2, 0) is 4.79 Å². The molecule has 0 aromatic heterocycles. The highest BCUT2D eigenvalue weighted by molar-refractivity contribution is 6.33. The molecular weight excluding hydrogens is 262 g/mol. The fraction of sp³-hybridized carbons (Fsp3) is 0.429. The van der Waals surface area contributed by atoms with Crippen LogP contribution in [0, 0.1) is 11.3 Å². The Hall–Kier alpha value is -1.73. The molecule has 1 aromatic rings. The van der Waals surface area contributed by atoms with Crippen molar-refractivity contribution in [2.75, 3.05) is 31.6 Å². The number of amides is 1. The van der Waals surface area contributed by atoms with Gasteiger partial charge in [-0.1, -0.05) is 11.6 Å². The summed E-state index contributed by atoms with van der Waals surface area (Å²) in [5, 5.41) is 9.29. The van der Waals surface area contributed by atoms with Gasteiger partial charge in [0, 0.05) is 20.1 Å². The van der Waals surface area contributed by atoms with Gasteiger partial charge in [-0.2, -0.15) is 5.26 Å². The van der Waals surface area contributed by atoms with Gasteiger partial charge in [0.2, 0.25) is 5.91 Å². The Morgan fingerprint density at radius 2 is 2.16 bits per heavy atom. The van der Waals surface area contributed by atoms with Crippen LogP contribution in [0.5, 0.6) is 0 Å². The largest absolute Gasteiger partial charge is 0.364 e. The second-order valence-corrected chi connectivity index (χ2v) is 5.13. The number of carbonyl (C=O) groups is 1. The minimum absolute atomic E-state index is 0.125. The lowest BCUT2D eigenvalue weighted by molar-refractivity contribution is -0.128. The molecule has 0 atom stereocenters. The van der Waals surface area contributed by atoms with E-state index in [2.05, 4.69) is 0 Å². The summed E-state index contributed by atoms with van der Waals surface area (Å²) < 4.78 is 0. The molecule has 0 saturated carbocycles. The number of rotatable bonds is 3. The molecule has 19 heavy (non-hydrogen) atoms. The van der Waals surface area contributed by atoms with Crippen molar-refractivity contribution in [3.63, 3.8) is 0 Å². The van der Waals surface area contributed by atoms with E-state index in [1.807, 2.05) is 22.9 Å². The first-order valence-electron chi connectivity index (χ1n) is 6.30. The number of likely N-dealkylation sites (tertiary alicyclic amines) is 1. The van der Waals surface area contributed by atoms with Gasteiger partial charge in [-0.15, -0.1) is 0 Å². The summed E-state index contributed by atoms with van der Waals surface area (Å²) >= 11 is 6.13. The Morgan fingerprint density at radius 1 is 1.47 bits per heavy atom. The van der Waals surface area contributed by atoms with Crippen LogP contribution in [0.1, 0.15) is 18.4 Å². The summed E-state index contributed by atoms with van der Waals surface area (Å²) in [6.45, 7) is 2.02. The molecule has 4 nitrogen and oxygen atoms in total. The van der Waals surface area contributed by atoms with Gasteiger partial charge in [0.05, 0.1) is 28.9 Å². The monoisotopic (exact) mass is 277 g/mol. The number of anilines is 1. The zero-order chi connectivity index (χ0) is 13.8. The minimum Gasteiger partial charge on any atom is -0.364 e. The lowest BCUT2D eigenvalue weighted by Gasteiger charge is -2.23. The number of likely N-dealkylation sites (N-methyl/N-ethyl adjacent to an activating group) is 1. The van der Waals surface area contributed by atoms with E-state index in [1.165, 1.54) is 0 Å². The van der Waals surface area contributed by atoms with E-state index in [1.54, 1.807) is 18.2 Å². The predicted molar refractivity (Wildman–Crippen MR) is 75.3 cm³/mol. The van der Waals surface area contributed by atoms with Gasteiger partial charge < -0.3 is 9.80 Å². The van der Waals surface area contributed by atoms with Crippen LogP contribution in [0.3, 0.4) is 0 Å². The van der Waals surface area contributed by atoms with Crippen molar-refractivity contribution >= 4 is 23.2 Å². The highest BCUT2D eigenvalue weighted by atomic mass is 35.5. The number of nitriles is 1. The van der Waals surface area contributed by atoms with Gasteiger partial charge in [-0.05, 0) is 31.0 Å². The van der Waals surface area contributed by atoms with Crippen LogP contribution in [0.2, 0.25) is 5.02 Å². The first kappa shape index (κ1) is 13.7. The molecule has 1 fully saturated rings. The zero-order valence-electron chi connectivity index (χ0n) is 10.9. The number of hydrogen-bond acceptors (Lipinski definition) is 3. The third kappa shape index (κ3) is 3.18. The summed E-state index contributed by atoms with van der Waals surface area (Å²) in [5.74, 6) is 0.125. The standard InChI is InChI=1S/C14H16ClN3O/c1-17(10-14(19)18-6-2-3-7-18)13-5-4-11(9-16)8-12(13)15/h4-5,8H,2-3,6-7,10H2,1H3. The quantitative estimate of drug-likeness (QED) is 0.851. The highest BCUT2D eigenvalue weighted by Crippen LogP contribution is 2.26. The second-order valence-electron chi connectivity index (χ2n) is 4.72. The first-order chi connectivity index (χ1) is 9.11. The highest BCUT2D eigenvalue weighted by Gasteiger charge is 2.19. The van der Waals surface area contributed by atoms with Crippen molar-refractivity contribution < 1.29 is 4.79 Å². The molecule has 1 aliphatic heterocycles. The van der Waals surface area contributed by atoms with E-state index in [-0.39, 0.29) is 5.91 Å². The molecular formula is C14H16ClN3O. The van der Waals surface area contributed by atoms with E-state index in [0.29, 0.717) is 17.1 Å². The first-order valence-corrected chi connectivity index (χ1v) is 6.68. The third-order valence-electron chi connectivity index (χ3n) is 3.32. The lowest BCUT2D eigenvalue weighted by atomic mass is 10.2. The molecule has 0 unspecified atom stereocenters. The van der Waals surface area contributed by atoms with E-state index >= 15 is 0 Å². The van der Waals surface area contributed by atoms with Crippen LogP contribution in [0.15, 0.2) is 18.2 Å². The minimum atomic E-state index is 0.125. The molecule has 0 aliphatic carbocycles. The maximum absolute atomic E-state index is 12.1. The van der Waals surface area contributed by atoms with Crippen LogP contribution < -0.4 is 4.90 Å². The predicted octanol–water partition coefficient (Wildman–Crippen LogP) is 2.27. The second kappa shape index (κ2) is 5.94. The molecule has 100 valence electrons. The topological polar surface area (TPSA) is 47.3 Å². The van der Waals surface area contributed by atoms with E-state index in [0.717, 1.165) is 31.6 Å². The lowest BCUT2D eigenvalue weighted by Crippen LogP contribution is -2.37. The molecule has 1 aliphatic rings. The molecule has 0 bridgehead atoms. The molecule has 5 heteroatoms. The number of halogens is 1. The van der Waals surface area contributed by atoms with Gasteiger partial charge in [0.25, 0.3) is 0 Å². The number of hydrogen-bond donors (Lipinski definition) is 0. The Labute approximate surface area is 118 Å². The van der Waals surface area contributed by atoms with Gasteiger partial charge in [-0.3, -0.25) is 4.79 Å². The molecule has 1 heterocycles. The van der Waals surface area contributed by atoms with Crippen LogP contribution >= 0.6 is 11.6 Å². The average molecular weight is 278 g/mol. The SMILES string of the molecule is CN(CC(=O)N1CCCC1)c1ccc(C#N)cc1Cl. The van der Waals surface area contributed by atoms with Crippen LogP contribution in [0.25, 0.3) is 0 Å². The number of nitrogens with zero attached hydrogens (tertiary/aromatic N) is 3. The molecule has 0 N–H and O–H groups in total. The molecule has 0 radical (unpaired) electrons. The summed E-state index contributed by atoms with van der Waals surface area (Å²) in [4.78, 5) is 15.8. The number of benzene rings is 1. The molecule has 1 amide bonds. The molecule has 0 spiro atoms. The smallest absolute Gasteiger partial charge is 0.242 e. The van der Waals surface area contributed by atoms with Crippen molar-refractivity contribution in [2.45, 2.75) is 12.8 Å². The summed E-state index contributed by atoms with van der Waals surface area (Å²) in [6, 6.07) is 7.14. The average Bonchev–Trinajstić information content (AvgIpc) is 2.92. The summed E-state index contributed by atoms with van der Waals surface area (Å²) in [6.07, 6.45) is 2.18. The van der Waals surface area contributed by atoms with Crippen molar-refractivity contribution in [3.8, 4) is 6.07 Å². The maximum Gasteiger partial charge on any atom is 0.242 e. The van der Waals surface area contributed by atoms with Crippen molar-refractivity contribution in [3.05, 3.63) is 28.8 Å². The van der Waals surface area contributed by atoms with Crippen LogP contribution in [0.4, 0.5) is 5.69 Å². The third-order valence-corrected chi connectivity index (χ3v) is 3.62.